The molecule has 0 aromatic heterocycles. The number of rotatable bonds is 7. The molecule has 4 rings (SSSR count). The fourth-order valence-electron chi connectivity index (χ4n) is 3.83. The van der Waals surface area contributed by atoms with E-state index in [2.05, 4.69) is 11.4 Å². The van der Waals surface area contributed by atoms with Gasteiger partial charge in [0.1, 0.15) is 5.60 Å². The average molecular weight is 512 g/mol. The van der Waals surface area contributed by atoms with Gasteiger partial charge in [-0.15, -0.1) is 0 Å². The van der Waals surface area contributed by atoms with Gasteiger partial charge in [0.2, 0.25) is 0 Å². The molecular formula is C31H29NO4S. The van der Waals surface area contributed by atoms with Gasteiger partial charge in [-0.3, -0.25) is 0 Å². The molecule has 0 saturated carbocycles. The number of carbonyl (C=O) groups excluding carboxylic acids is 1. The van der Waals surface area contributed by atoms with Gasteiger partial charge in [-0.1, -0.05) is 60.7 Å². The molecule has 0 bridgehead atoms. The van der Waals surface area contributed by atoms with Crippen LogP contribution < -0.4 is 5.32 Å². The molecule has 188 valence electrons. The highest BCUT2D eigenvalue weighted by molar-refractivity contribution is 8.13. The van der Waals surface area contributed by atoms with E-state index in [-0.39, 0.29) is 10.9 Å². The number of ether oxygens (including phenoxy) is 1. The van der Waals surface area contributed by atoms with Crippen molar-refractivity contribution < 1.29 is 19.4 Å². The number of hydrogen-bond acceptors (Lipinski definition) is 5. The maximum Gasteiger partial charge on any atom is 0.372 e. The van der Waals surface area contributed by atoms with Crippen LogP contribution in [0.1, 0.15) is 36.7 Å². The standard InChI is InChI=1S/C31H29NO4S/c1-31(2,3)36-30(35)37-26-15-12-21(13-16-26)20-32-25-14-17-27(23-10-7-11-24(18-23)29(33)34)28(19-25)22-8-5-4-6-9-22/h4-19,32H,20H2,1-3H3,(H,33,34). The Hall–Kier alpha value is -4.03. The van der Waals surface area contributed by atoms with E-state index in [1.807, 2.05) is 93.6 Å². The van der Waals surface area contributed by atoms with Crippen LogP contribution in [0.15, 0.2) is 102 Å². The average Bonchev–Trinajstić information content (AvgIpc) is 2.87. The molecule has 2 N–H and O–H groups in total. The third-order valence-corrected chi connectivity index (χ3v) is 6.29. The molecule has 0 aliphatic rings. The van der Waals surface area contributed by atoms with Crippen LogP contribution in [0.2, 0.25) is 0 Å². The van der Waals surface area contributed by atoms with Crippen LogP contribution in [0.3, 0.4) is 0 Å². The maximum absolute atomic E-state index is 12.1. The second-order valence-corrected chi connectivity index (χ2v) is 10.6. The lowest BCUT2D eigenvalue weighted by atomic mass is 9.93. The minimum absolute atomic E-state index is 0.256. The predicted octanol–water partition coefficient (Wildman–Crippen LogP) is 8.36. The normalized spacial score (nSPS) is 11.1. The van der Waals surface area contributed by atoms with Crippen LogP contribution in [0, 0.1) is 0 Å². The van der Waals surface area contributed by atoms with E-state index in [0.717, 1.165) is 50.2 Å². The SMILES string of the molecule is CC(C)(C)OC(=O)Sc1ccc(CNc2ccc(-c3cccc(C(=O)O)c3)c(-c3ccccc3)c2)cc1. The summed E-state index contributed by atoms with van der Waals surface area (Å²) in [7, 11) is 0. The number of hydrogen-bond donors (Lipinski definition) is 2. The third-order valence-electron chi connectivity index (χ3n) is 5.54. The molecule has 6 heteroatoms. The summed E-state index contributed by atoms with van der Waals surface area (Å²) in [4.78, 5) is 24.4. The van der Waals surface area contributed by atoms with Crippen molar-refractivity contribution in [3.8, 4) is 22.3 Å². The summed E-state index contributed by atoms with van der Waals surface area (Å²) in [6.45, 7) is 6.16. The van der Waals surface area contributed by atoms with Crippen LogP contribution >= 0.6 is 11.8 Å². The minimum Gasteiger partial charge on any atom is -0.478 e. The summed E-state index contributed by atoms with van der Waals surface area (Å²) in [5.74, 6) is -0.947. The van der Waals surface area contributed by atoms with E-state index in [1.54, 1.807) is 18.2 Å². The first-order valence-corrected chi connectivity index (χ1v) is 12.8. The highest BCUT2D eigenvalue weighted by Crippen LogP contribution is 2.35. The number of anilines is 1. The smallest absolute Gasteiger partial charge is 0.372 e. The van der Waals surface area contributed by atoms with Gasteiger partial charge in [-0.2, -0.15) is 0 Å². The first kappa shape index (κ1) is 26.0. The Morgan fingerprint density at radius 3 is 2.19 bits per heavy atom. The summed E-state index contributed by atoms with van der Waals surface area (Å²) in [6, 6.07) is 31.0. The van der Waals surface area contributed by atoms with Crippen LogP contribution in [0.4, 0.5) is 10.5 Å². The van der Waals surface area contributed by atoms with Gasteiger partial charge in [-0.05, 0) is 96.7 Å². The first-order chi connectivity index (χ1) is 17.7. The zero-order valence-electron chi connectivity index (χ0n) is 21.0. The van der Waals surface area contributed by atoms with Crippen LogP contribution in [0.5, 0.6) is 0 Å². The summed E-state index contributed by atoms with van der Waals surface area (Å²) < 4.78 is 5.37. The molecule has 5 nitrogen and oxygen atoms in total. The van der Waals surface area contributed by atoms with E-state index in [4.69, 9.17) is 4.74 Å². The zero-order chi connectivity index (χ0) is 26.4. The van der Waals surface area contributed by atoms with Crippen molar-refractivity contribution in [3.05, 3.63) is 108 Å². The molecule has 0 saturated heterocycles. The first-order valence-electron chi connectivity index (χ1n) is 11.9. The number of aromatic carboxylic acids is 1. The Labute approximate surface area is 221 Å². The number of carbonyl (C=O) groups is 2. The van der Waals surface area contributed by atoms with E-state index >= 15 is 0 Å². The molecule has 0 unspecified atom stereocenters. The summed E-state index contributed by atoms with van der Waals surface area (Å²) in [5.41, 5.74) is 5.64. The largest absolute Gasteiger partial charge is 0.478 e. The van der Waals surface area contributed by atoms with E-state index in [0.29, 0.717) is 6.54 Å². The van der Waals surface area contributed by atoms with Gasteiger partial charge >= 0.3 is 11.3 Å². The van der Waals surface area contributed by atoms with Gasteiger partial charge in [-0.25, -0.2) is 9.59 Å². The van der Waals surface area contributed by atoms with Crippen molar-refractivity contribution >= 4 is 28.7 Å². The lowest BCUT2D eigenvalue weighted by molar-refractivity contribution is 0.0694. The quantitative estimate of drug-likeness (QED) is 0.192. The van der Waals surface area contributed by atoms with Crippen molar-refractivity contribution in [2.75, 3.05) is 5.32 Å². The number of benzene rings is 4. The third kappa shape index (κ3) is 7.24. The zero-order valence-corrected chi connectivity index (χ0v) is 21.8. The van der Waals surface area contributed by atoms with Crippen LogP contribution in [0.25, 0.3) is 22.3 Å². The van der Waals surface area contributed by atoms with Gasteiger partial charge in [0, 0.05) is 17.1 Å². The van der Waals surface area contributed by atoms with Gasteiger partial charge in [0.25, 0.3) is 0 Å². The predicted molar refractivity (Wildman–Crippen MR) is 150 cm³/mol. The molecule has 0 radical (unpaired) electrons. The Morgan fingerprint density at radius 2 is 1.51 bits per heavy atom. The molecule has 0 aliphatic carbocycles. The molecule has 0 aliphatic heterocycles. The fraction of sp³-hybridized carbons (Fsp3) is 0.161. The van der Waals surface area contributed by atoms with Crippen molar-refractivity contribution in [2.45, 2.75) is 37.8 Å². The van der Waals surface area contributed by atoms with Crippen LogP contribution in [-0.4, -0.2) is 22.0 Å². The van der Waals surface area contributed by atoms with Gasteiger partial charge in [0.15, 0.2) is 0 Å². The molecule has 4 aromatic rings. The number of carboxylic acids is 1. The molecule has 4 aromatic carbocycles. The molecular weight excluding hydrogens is 482 g/mol. The van der Waals surface area contributed by atoms with E-state index in [1.165, 1.54) is 0 Å². The Kier molecular flexibility index (Phi) is 7.99. The molecule has 0 amide bonds. The molecule has 0 atom stereocenters. The van der Waals surface area contributed by atoms with Crippen molar-refractivity contribution in [2.24, 2.45) is 0 Å². The van der Waals surface area contributed by atoms with Gasteiger partial charge in [0.05, 0.1) is 5.56 Å². The lowest BCUT2D eigenvalue weighted by Gasteiger charge is -2.18. The Morgan fingerprint density at radius 1 is 0.811 bits per heavy atom. The minimum atomic E-state index is -0.947. The molecule has 37 heavy (non-hydrogen) atoms. The Balaban J connectivity index is 1.52. The second kappa shape index (κ2) is 11.4. The van der Waals surface area contributed by atoms with Crippen molar-refractivity contribution in [3.63, 3.8) is 0 Å². The van der Waals surface area contributed by atoms with E-state index < -0.39 is 11.6 Å². The summed E-state index contributed by atoms with van der Waals surface area (Å²) in [5, 5.41) is 12.6. The van der Waals surface area contributed by atoms with E-state index in [9.17, 15) is 14.7 Å². The summed E-state index contributed by atoms with van der Waals surface area (Å²) >= 11 is 1.08. The molecule has 0 fully saturated rings. The van der Waals surface area contributed by atoms with Crippen molar-refractivity contribution in [1.82, 2.24) is 0 Å². The number of carboxylic acid groups (broad SMARTS) is 1. The van der Waals surface area contributed by atoms with Crippen LogP contribution in [-0.2, 0) is 11.3 Å². The number of thioether (sulfide) groups is 1. The number of nitrogens with one attached hydrogen (secondary N) is 1. The van der Waals surface area contributed by atoms with Gasteiger partial charge < -0.3 is 15.2 Å². The summed E-state index contributed by atoms with van der Waals surface area (Å²) in [6.07, 6.45) is 0. The monoisotopic (exact) mass is 511 g/mol. The highest BCUT2D eigenvalue weighted by atomic mass is 32.2. The maximum atomic E-state index is 12.1. The topological polar surface area (TPSA) is 75.6 Å². The molecule has 0 heterocycles. The Bertz CT molecular complexity index is 1390. The second-order valence-electron chi connectivity index (χ2n) is 9.58. The fourth-order valence-corrected chi connectivity index (χ4v) is 4.59. The lowest BCUT2D eigenvalue weighted by Crippen LogP contribution is -2.21. The van der Waals surface area contributed by atoms with Crippen molar-refractivity contribution in [1.29, 1.82) is 0 Å². The highest BCUT2D eigenvalue weighted by Gasteiger charge is 2.17. The molecule has 0 spiro atoms.